The Morgan fingerprint density at radius 1 is 1.14 bits per heavy atom. The molecule has 2 aliphatic heterocycles. The maximum atomic E-state index is 14.1. The van der Waals surface area contributed by atoms with Crippen LogP contribution in [0.5, 0.6) is 5.75 Å². The topological polar surface area (TPSA) is 66.6 Å². The summed E-state index contributed by atoms with van der Waals surface area (Å²) in [6.45, 7) is 2.77. The lowest BCUT2D eigenvalue weighted by atomic mass is 9.96. The van der Waals surface area contributed by atoms with Crippen LogP contribution in [0.25, 0.3) is 0 Å². The second-order valence-electron chi connectivity index (χ2n) is 9.30. The number of nitrogens with zero attached hydrogens (tertiary/aromatic N) is 2. The van der Waals surface area contributed by atoms with Crippen molar-refractivity contribution in [2.24, 2.45) is 5.10 Å². The first-order valence-electron chi connectivity index (χ1n) is 11.7. The number of β-amino-alcohol motifs (C(OH)–C–C–N with tert-alkyl or cyclic N) is 1. The molecule has 1 amide bonds. The highest BCUT2D eigenvalue weighted by molar-refractivity contribution is 6.17. The number of anilines is 1. The van der Waals surface area contributed by atoms with Crippen LogP contribution in [-0.2, 0) is 11.0 Å². The lowest BCUT2D eigenvalue weighted by molar-refractivity contribution is -0.755. The number of aliphatic hydroxyl groups is 1. The first kappa shape index (κ1) is 23.6. The molecule has 0 aromatic heterocycles. The summed E-state index contributed by atoms with van der Waals surface area (Å²) in [4.78, 5) is 15.3. The highest BCUT2D eigenvalue weighted by Gasteiger charge is 2.44. The molecule has 2 heterocycles. The number of hydrogen-bond donors (Lipinski definition) is 2. The lowest BCUT2D eigenvalue weighted by Gasteiger charge is -2.24. The van der Waals surface area contributed by atoms with Gasteiger partial charge in [0.2, 0.25) is 0 Å². The number of methoxy groups -OCH3 is 1. The van der Waals surface area contributed by atoms with Crippen molar-refractivity contribution in [1.29, 1.82) is 0 Å². The number of benzene rings is 2. The largest absolute Gasteiger partial charge is 0.497 e. The second kappa shape index (κ2) is 8.80. The minimum atomic E-state index is -4.65. The van der Waals surface area contributed by atoms with Gasteiger partial charge in [0.25, 0.3) is 0 Å². The number of nitrogens with one attached hydrogen (secondary N) is 1. The van der Waals surface area contributed by atoms with E-state index in [9.17, 15) is 23.1 Å². The van der Waals surface area contributed by atoms with Gasteiger partial charge < -0.3 is 14.7 Å². The molecule has 1 aliphatic carbocycles. The summed E-state index contributed by atoms with van der Waals surface area (Å²) < 4.78 is 47.7. The number of allylic oxidation sites excluding steroid dienone is 1. The molecule has 5 rings (SSSR count). The third kappa shape index (κ3) is 4.34. The molecule has 3 aliphatic rings. The highest BCUT2D eigenvalue weighted by Crippen LogP contribution is 2.38. The van der Waals surface area contributed by atoms with Crippen LogP contribution in [0, 0.1) is 6.92 Å². The van der Waals surface area contributed by atoms with Gasteiger partial charge in [0.1, 0.15) is 17.0 Å². The fraction of sp³-hybridized carbons (Fsp3) is 0.385. The van der Waals surface area contributed by atoms with Gasteiger partial charge in [-0.25, -0.2) is 4.79 Å². The summed E-state index contributed by atoms with van der Waals surface area (Å²) >= 11 is 0. The molecule has 0 radical (unpaired) electrons. The van der Waals surface area contributed by atoms with Crippen molar-refractivity contribution >= 4 is 23.0 Å². The third-order valence-corrected chi connectivity index (χ3v) is 6.87. The summed E-state index contributed by atoms with van der Waals surface area (Å²) in [6, 6.07) is 9.38. The molecule has 0 saturated carbocycles. The fourth-order valence-electron chi connectivity index (χ4n) is 5.20. The summed E-state index contributed by atoms with van der Waals surface area (Å²) in [5.41, 5.74) is 2.93. The van der Waals surface area contributed by atoms with Crippen molar-refractivity contribution in [2.75, 3.05) is 25.1 Å². The first-order valence-corrected chi connectivity index (χ1v) is 11.7. The number of aryl methyl sites for hydroxylation is 1. The zero-order chi connectivity index (χ0) is 24.9. The average Bonchev–Trinajstić information content (AvgIpc) is 3.48. The van der Waals surface area contributed by atoms with Crippen LogP contribution in [0.2, 0.25) is 0 Å². The molecule has 2 N–H and O–H groups in total. The Labute approximate surface area is 201 Å². The number of halogens is 3. The second-order valence-corrected chi connectivity index (χ2v) is 9.30. The van der Waals surface area contributed by atoms with Crippen molar-refractivity contribution in [1.82, 2.24) is 0 Å². The molecular weight excluding hydrogens is 459 g/mol. The molecule has 9 heteroatoms. The van der Waals surface area contributed by atoms with Crippen molar-refractivity contribution in [3.63, 3.8) is 0 Å². The number of hydrogen-bond acceptors (Lipinski definition) is 5. The van der Waals surface area contributed by atoms with E-state index in [1.54, 1.807) is 13.2 Å². The van der Waals surface area contributed by atoms with E-state index in [1.807, 2.05) is 24.0 Å². The van der Waals surface area contributed by atoms with Gasteiger partial charge in [-0.2, -0.15) is 13.2 Å². The summed E-state index contributed by atoms with van der Waals surface area (Å²) in [7, 11) is 1.55. The van der Waals surface area contributed by atoms with Crippen molar-refractivity contribution in [2.45, 2.75) is 44.9 Å². The van der Waals surface area contributed by atoms with E-state index in [0.717, 1.165) is 23.6 Å². The first-order chi connectivity index (χ1) is 16.7. The SMILES string of the molecule is COc1cc(C)cc(C2=N[NH+](c3cc(N4CC[C@@H](O)C4)ccc3C(F)(F)F)C(=O)C3=C2CCC3)c1. The molecule has 1 fully saturated rings. The third-order valence-electron chi connectivity index (χ3n) is 6.87. The summed E-state index contributed by atoms with van der Waals surface area (Å²) in [5, 5.41) is 14.4. The molecule has 35 heavy (non-hydrogen) atoms. The Morgan fingerprint density at radius 3 is 2.60 bits per heavy atom. The molecule has 1 unspecified atom stereocenters. The van der Waals surface area contributed by atoms with Crippen LogP contribution in [0.15, 0.2) is 52.6 Å². The zero-order valence-corrected chi connectivity index (χ0v) is 19.6. The number of rotatable bonds is 4. The Balaban J connectivity index is 1.67. The maximum Gasteiger partial charge on any atom is 0.422 e. The van der Waals surface area contributed by atoms with E-state index in [0.29, 0.717) is 60.6 Å². The minimum Gasteiger partial charge on any atom is -0.497 e. The quantitative estimate of drug-likeness (QED) is 0.694. The van der Waals surface area contributed by atoms with Crippen LogP contribution in [0.1, 0.15) is 42.4 Å². The fourth-order valence-corrected chi connectivity index (χ4v) is 5.20. The number of carbonyl (C=O) groups is 1. The van der Waals surface area contributed by atoms with E-state index in [1.165, 1.54) is 12.1 Å². The van der Waals surface area contributed by atoms with Crippen LogP contribution < -0.4 is 14.6 Å². The Hall–Kier alpha value is -3.17. The van der Waals surface area contributed by atoms with Gasteiger partial charge in [-0.1, -0.05) is 5.10 Å². The van der Waals surface area contributed by atoms with Gasteiger partial charge >= 0.3 is 12.1 Å². The van der Waals surface area contributed by atoms with Gasteiger partial charge in [-0.15, -0.1) is 5.01 Å². The van der Waals surface area contributed by atoms with Crippen LogP contribution in [0.4, 0.5) is 24.5 Å². The van der Waals surface area contributed by atoms with Crippen molar-refractivity contribution in [3.05, 3.63) is 64.2 Å². The zero-order valence-electron chi connectivity index (χ0n) is 19.6. The van der Waals surface area contributed by atoms with E-state index in [-0.39, 0.29) is 10.7 Å². The smallest absolute Gasteiger partial charge is 0.422 e. The Kier molecular flexibility index (Phi) is 5.93. The van der Waals surface area contributed by atoms with E-state index < -0.39 is 23.8 Å². The molecular formula is C26H27F3N3O3+. The molecule has 184 valence electrons. The van der Waals surface area contributed by atoms with Gasteiger partial charge in [-0.3, -0.25) is 0 Å². The summed E-state index contributed by atoms with van der Waals surface area (Å²) in [5.74, 6) is 0.178. The molecule has 2 aromatic rings. The molecule has 1 saturated heterocycles. The molecule has 6 nitrogen and oxygen atoms in total. The van der Waals surface area contributed by atoms with Crippen LogP contribution >= 0.6 is 0 Å². The maximum absolute atomic E-state index is 14.1. The summed E-state index contributed by atoms with van der Waals surface area (Å²) in [6.07, 6.45) is -2.72. The monoisotopic (exact) mass is 486 g/mol. The number of carbonyl (C=O) groups excluding carboxylic acids is 1. The standard InChI is InChI=1S/C26H26F3N3O3/c1-15-10-16(12-19(11-15)35-2)24-20-4-3-5-21(20)25(34)32(30-24)23-13-17(31-9-8-18(33)14-31)6-7-22(23)26(27,28)29/h6-7,10-13,18,33H,3-5,8-9,14H2,1-2H3/p+1/t18-/m1/s1. The Bertz CT molecular complexity index is 1250. The van der Waals surface area contributed by atoms with Gasteiger partial charge in [0.15, 0.2) is 5.69 Å². The normalized spacial score (nSPS) is 22.5. The molecule has 2 aromatic carbocycles. The minimum absolute atomic E-state index is 0.185. The van der Waals surface area contributed by atoms with Gasteiger partial charge in [0, 0.05) is 30.4 Å². The Morgan fingerprint density at radius 2 is 1.91 bits per heavy atom. The number of alkyl halides is 3. The number of amides is 1. The molecule has 2 atom stereocenters. The average molecular weight is 487 g/mol. The van der Waals surface area contributed by atoms with E-state index in [4.69, 9.17) is 4.74 Å². The van der Waals surface area contributed by atoms with Crippen LogP contribution in [-0.4, -0.2) is 43.0 Å². The molecule has 0 bridgehead atoms. The number of quaternary nitrogens is 1. The van der Waals surface area contributed by atoms with Crippen LogP contribution in [0.3, 0.4) is 0 Å². The highest BCUT2D eigenvalue weighted by atomic mass is 19.4. The van der Waals surface area contributed by atoms with Crippen molar-refractivity contribution in [3.8, 4) is 5.75 Å². The number of ether oxygens (including phenoxy) is 1. The predicted octanol–water partition coefficient (Wildman–Crippen LogP) is 3.53. The lowest BCUT2D eigenvalue weighted by Crippen LogP contribution is -3.07. The van der Waals surface area contributed by atoms with E-state index in [2.05, 4.69) is 5.10 Å². The van der Waals surface area contributed by atoms with E-state index >= 15 is 0 Å². The predicted molar refractivity (Wildman–Crippen MR) is 125 cm³/mol. The van der Waals surface area contributed by atoms with Gasteiger partial charge in [-0.05, 0) is 74.1 Å². The van der Waals surface area contributed by atoms with Crippen molar-refractivity contribution < 1.29 is 32.8 Å². The number of aliphatic hydroxyl groups excluding tert-OH is 1. The van der Waals surface area contributed by atoms with Gasteiger partial charge in [0.05, 0.1) is 18.8 Å². The molecule has 0 spiro atoms.